The van der Waals surface area contributed by atoms with Crippen LogP contribution in [-0.2, 0) is 7.05 Å². The molecule has 0 N–H and O–H groups in total. The highest BCUT2D eigenvalue weighted by atomic mass is 15.2. The van der Waals surface area contributed by atoms with Gasteiger partial charge in [0.15, 0.2) is 16.7 Å². The molecule has 0 aliphatic carbocycles. The van der Waals surface area contributed by atoms with Crippen LogP contribution in [0.5, 0.6) is 0 Å². The highest BCUT2D eigenvalue weighted by Gasteiger charge is 2.29. The SMILES string of the molecule is [2H]C([2H])([2H])c1ncnc(C([2H])([2H])[2H])c1-n1c(-c2ccccc2C)[n+](C)c2ccccc21. The number of para-hydroxylation sites is 2. The fourth-order valence-electron chi connectivity index (χ4n) is 3.26. The van der Waals surface area contributed by atoms with Gasteiger partial charge >= 0.3 is 0 Å². The predicted molar refractivity (Wildman–Crippen MR) is 99.7 cm³/mol. The molecular weight excluding hydrogens is 308 g/mol. The van der Waals surface area contributed by atoms with Crippen molar-refractivity contribution in [3.63, 3.8) is 0 Å². The van der Waals surface area contributed by atoms with Gasteiger partial charge in [-0.2, -0.15) is 4.57 Å². The van der Waals surface area contributed by atoms with E-state index in [0.29, 0.717) is 11.3 Å². The second kappa shape index (κ2) is 5.81. The molecular formula is C21H21N4+. The second-order valence-electron chi connectivity index (χ2n) is 5.94. The van der Waals surface area contributed by atoms with Crippen molar-refractivity contribution in [2.75, 3.05) is 0 Å². The van der Waals surface area contributed by atoms with E-state index in [1.165, 1.54) is 0 Å². The summed E-state index contributed by atoms with van der Waals surface area (Å²) in [5.74, 6) is 0.644. The lowest BCUT2D eigenvalue weighted by Gasteiger charge is -2.09. The van der Waals surface area contributed by atoms with Crippen LogP contribution in [0.25, 0.3) is 28.1 Å². The zero-order chi connectivity index (χ0) is 22.6. The Morgan fingerprint density at radius 3 is 2.36 bits per heavy atom. The maximum absolute atomic E-state index is 8.04. The summed E-state index contributed by atoms with van der Waals surface area (Å²) in [4.78, 5) is 8.04. The minimum Gasteiger partial charge on any atom is -0.237 e. The highest BCUT2D eigenvalue weighted by Crippen LogP contribution is 2.30. The van der Waals surface area contributed by atoms with E-state index in [0.717, 1.165) is 23.0 Å². The third-order valence-corrected chi connectivity index (χ3v) is 4.45. The van der Waals surface area contributed by atoms with Gasteiger partial charge in [-0.3, -0.25) is 0 Å². The van der Waals surface area contributed by atoms with Crippen LogP contribution in [0.2, 0.25) is 0 Å². The Kier molecular flexibility index (Phi) is 2.35. The Morgan fingerprint density at radius 1 is 0.960 bits per heavy atom. The van der Waals surface area contributed by atoms with Gasteiger partial charge in [0.1, 0.15) is 6.33 Å². The lowest BCUT2D eigenvalue weighted by molar-refractivity contribution is -0.633. The number of hydrogen-bond donors (Lipinski definition) is 0. The minimum absolute atomic E-state index is 0.0300. The summed E-state index contributed by atoms with van der Waals surface area (Å²) in [6, 6.07) is 15.1. The first-order valence-electron chi connectivity index (χ1n) is 10.9. The Morgan fingerprint density at radius 2 is 1.64 bits per heavy atom. The Labute approximate surface area is 155 Å². The number of fused-ring (bicyclic) bond motifs is 1. The summed E-state index contributed by atoms with van der Waals surface area (Å²) in [6.07, 6.45) is 1.01. The minimum atomic E-state index is -2.63. The number of benzene rings is 2. The van der Waals surface area contributed by atoms with Gasteiger partial charge in [0, 0.05) is 8.22 Å². The number of hydrogen-bond acceptors (Lipinski definition) is 2. The molecule has 0 spiro atoms. The van der Waals surface area contributed by atoms with E-state index in [1.54, 1.807) is 4.57 Å². The van der Waals surface area contributed by atoms with Gasteiger partial charge in [-0.05, 0) is 44.4 Å². The largest absolute Gasteiger partial charge is 0.295 e. The smallest absolute Gasteiger partial charge is 0.237 e. The van der Waals surface area contributed by atoms with E-state index >= 15 is 0 Å². The number of rotatable bonds is 2. The summed E-state index contributed by atoms with van der Waals surface area (Å²) < 4.78 is 51.8. The lowest BCUT2D eigenvalue weighted by Crippen LogP contribution is -2.30. The van der Waals surface area contributed by atoms with Crippen LogP contribution in [0.15, 0.2) is 54.9 Å². The molecule has 25 heavy (non-hydrogen) atoms. The first kappa shape index (κ1) is 10.1. The fraction of sp³-hybridized carbons (Fsp3) is 0.190. The van der Waals surface area contributed by atoms with Gasteiger partial charge in [0.05, 0.1) is 24.0 Å². The van der Waals surface area contributed by atoms with Crippen LogP contribution in [0.4, 0.5) is 0 Å². The first-order chi connectivity index (χ1) is 14.5. The monoisotopic (exact) mass is 335 g/mol. The third kappa shape index (κ3) is 2.33. The molecule has 4 aromatic rings. The van der Waals surface area contributed by atoms with E-state index in [-0.39, 0.29) is 17.1 Å². The van der Waals surface area contributed by atoms with E-state index in [1.807, 2.05) is 67.1 Å². The molecule has 0 amide bonds. The molecule has 4 rings (SSSR count). The van der Waals surface area contributed by atoms with E-state index in [9.17, 15) is 0 Å². The van der Waals surface area contributed by atoms with Crippen LogP contribution in [0.3, 0.4) is 0 Å². The Hall–Kier alpha value is -3.01. The Balaban J connectivity index is 2.26. The zero-order valence-corrected chi connectivity index (χ0v) is 14.0. The van der Waals surface area contributed by atoms with E-state index in [2.05, 4.69) is 9.97 Å². The molecule has 0 aliphatic heterocycles. The molecule has 0 saturated heterocycles. The molecule has 4 heteroatoms. The van der Waals surface area contributed by atoms with E-state index < -0.39 is 13.7 Å². The summed E-state index contributed by atoms with van der Waals surface area (Å²) in [6.45, 7) is -3.31. The van der Waals surface area contributed by atoms with Gasteiger partial charge < -0.3 is 0 Å². The molecule has 0 saturated carbocycles. The zero-order valence-electron chi connectivity index (χ0n) is 20.0. The van der Waals surface area contributed by atoms with Gasteiger partial charge in [-0.25, -0.2) is 14.5 Å². The van der Waals surface area contributed by atoms with Gasteiger partial charge in [-0.1, -0.05) is 30.3 Å². The van der Waals surface area contributed by atoms with Crippen LogP contribution in [0.1, 0.15) is 25.2 Å². The molecule has 0 bridgehead atoms. The van der Waals surface area contributed by atoms with Crippen molar-refractivity contribution in [2.24, 2.45) is 7.05 Å². The van der Waals surface area contributed by atoms with Crippen molar-refractivity contribution in [3.8, 4) is 17.1 Å². The van der Waals surface area contributed by atoms with Crippen molar-refractivity contribution >= 4 is 11.0 Å². The molecule has 0 radical (unpaired) electrons. The van der Waals surface area contributed by atoms with Crippen LogP contribution in [-0.4, -0.2) is 14.5 Å². The molecule has 0 atom stereocenters. The Bertz CT molecular complexity index is 1260. The maximum atomic E-state index is 8.04. The van der Waals surface area contributed by atoms with Gasteiger partial charge in [-0.15, -0.1) is 0 Å². The molecule has 0 fully saturated rings. The predicted octanol–water partition coefficient (Wildman–Crippen LogP) is 3.84. The molecule has 2 aromatic heterocycles. The third-order valence-electron chi connectivity index (χ3n) is 4.45. The van der Waals surface area contributed by atoms with Crippen molar-refractivity contribution in [1.82, 2.24) is 14.5 Å². The maximum Gasteiger partial charge on any atom is 0.295 e. The number of imidazole rings is 1. The number of aryl methyl sites for hydroxylation is 4. The topological polar surface area (TPSA) is 34.6 Å². The normalized spacial score (nSPS) is 15.8. The number of nitrogens with zero attached hydrogens (tertiary/aromatic N) is 4. The van der Waals surface area contributed by atoms with E-state index in [4.69, 9.17) is 8.22 Å². The molecule has 2 heterocycles. The summed E-state index contributed by atoms with van der Waals surface area (Å²) >= 11 is 0. The quantitative estimate of drug-likeness (QED) is 0.522. The molecule has 0 unspecified atom stereocenters. The van der Waals surface area contributed by atoms with Crippen LogP contribution < -0.4 is 4.57 Å². The molecule has 2 aromatic carbocycles. The highest BCUT2D eigenvalue weighted by molar-refractivity contribution is 5.80. The van der Waals surface area contributed by atoms with Crippen molar-refractivity contribution < 1.29 is 12.8 Å². The number of aromatic nitrogens is 4. The average molecular weight is 335 g/mol. The van der Waals surface area contributed by atoms with Crippen molar-refractivity contribution in [3.05, 3.63) is 71.8 Å². The summed E-state index contributed by atoms with van der Waals surface area (Å²) in [7, 11) is 1.87. The van der Waals surface area contributed by atoms with Gasteiger partial charge in [0.25, 0.3) is 5.82 Å². The second-order valence-corrected chi connectivity index (χ2v) is 5.94. The molecule has 124 valence electrons. The fourth-order valence-corrected chi connectivity index (χ4v) is 3.26. The summed E-state index contributed by atoms with van der Waals surface area (Å²) in [5.41, 5.74) is 2.65. The van der Waals surface area contributed by atoms with Crippen molar-refractivity contribution in [2.45, 2.75) is 20.6 Å². The molecule has 0 aliphatic rings. The van der Waals surface area contributed by atoms with Gasteiger partial charge in [0.2, 0.25) is 0 Å². The van der Waals surface area contributed by atoms with Crippen molar-refractivity contribution in [1.29, 1.82) is 0 Å². The summed E-state index contributed by atoms with van der Waals surface area (Å²) in [5, 5.41) is 0. The van der Waals surface area contributed by atoms with Crippen LogP contribution in [0, 0.1) is 20.6 Å². The van der Waals surface area contributed by atoms with Crippen LogP contribution >= 0.6 is 0 Å². The standard InChI is InChI=1S/C21H21N4/c1-14-9-5-6-10-17(14)21-24(4)18-11-7-8-12-19(18)25(21)20-15(2)22-13-23-16(20)3/h5-13H,1-4H3/q+1/i2D3,3D3. The molecule has 4 nitrogen and oxygen atoms in total. The average Bonchev–Trinajstić information content (AvgIpc) is 2.99. The lowest BCUT2D eigenvalue weighted by atomic mass is 10.1. The first-order valence-corrected chi connectivity index (χ1v) is 7.93.